The lowest BCUT2D eigenvalue weighted by atomic mass is 10.1. The van der Waals surface area contributed by atoms with Gasteiger partial charge in [-0.05, 0) is 31.5 Å². The van der Waals surface area contributed by atoms with Gasteiger partial charge in [0.05, 0.1) is 11.8 Å². The smallest absolute Gasteiger partial charge is 0.147 e. The highest BCUT2D eigenvalue weighted by atomic mass is 32.2. The maximum absolute atomic E-state index is 13.3. The molecule has 0 spiro atoms. The Morgan fingerprint density at radius 1 is 1.45 bits per heavy atom. The van der Waals surface area contributed by atoms with Crippen molar-refractivity contribution in [3.8, 4) is 0 Å². The molecule has 0 aliphatic heterocycles. The monoisotopic (exact) mass is 300 g/mol. The second-order valence-electron chi connectivity index (χ2n) is 4.87. The van der Waals surface area contributed by atoms with E-state index in [1.165, 1.54) is 18.4 Å². The fraction of sp³-hybridized carbons (Fsp3) is 0.385. The molecule has 0 saturated heterocycles. The zero-order valence-electron chi connectivity index (χ0n) is 11.3. The Morgan fingerprint density at radius 2 is 2.15 bits per heavy atom. The van der Waals surface area contributed by atoms with Gasteiger partial charge in [-0.2, -0.15) is 0 Å². The summed E-state index contributed by atoms with van der Waals surface area (Å²) in [6.07, 6.45) is 1.46. The van der Waals surface area contributed by atoms with Crippen LogP contribution in [0, 0.1) is 12.7 Å². The Hall–Kier alpha value is -1.44. The van der Waals surface area contributed by atoms with E-state index in [0.717, 1.165) is 5.56 Å². The second kappa shape index (κ2) is 5.51. The zero-order valence-corrected chi connectivity index (χ0v) is 12.1. The molecule has 1 atom stereocenters. The molecule has 0 aliphatic carbocycles. The van der Waals surface area contributed by atoms with Gasteiger partial charge in [0.1, 0.15) is 27.0 Å². The largest absolute Gasteiger partial charge is 0.459 e. The molecule has 1 heterocycles. The molecule has 0 radical (unpaired) electrons. The standard InChI is InChI=1S/C13H17FN2O3S/c1-8-10-7-9(14)3-4-12(10)19-13(8)11(16-15)5-6-20(2,17)18/h3-4,7,11,16H,5-6,15H2,1-2H3. The van der Waals surface area contributed by atoms with E-state index in [2.05, 4.69) is 5.43 Å². The van der Waals surface area contributed by atoms with Crippen LogP contribution in [0.1, 0.15) is 23.8 Å². The van der Waals surface area contributed by atoms with Crippen LogP contribution in [0.3, 0.4) is 0 Å². The van der Waals surface area contributed by atoms with E-state index in [-0.39, 0.29) is 11.6 Å². The van der Waals surface area contributed by atoms with Gasteiger partial charge in [-0.25, -0.2) is 18.2 Å². The molecule has 1 aromatic heterocycles. The number of benzene rings is 1. The number of halogens is 1. The third kappa shape index (κ3) is 3.17. The lowest BCUT2D eigenvalue weighted by Gasteiger charge is -2.13. The van der Waals surface area contributed by atoms with Crippen LogP contribution < -0.4 is 11.3 Å². The molecule has 7 heteroatoms. The molecule has 20 heavy (non-hydrogen) atoms. The molecule has 1 unspecified atom stereocenters. The van der Waals surface area contributed by atoms with E-state index < -0.39 is 15.9 Å². The van der Waals surface area contributed by atoms with Gasteiger partial charge in [-0.15, -0.1) is 0 Å². The van der Waals surface area contributed by atoms with Crippen LogP contribution in [-0.4, -0.2) is 20.4 Å². The molecule has 1 aromatic carbocycles. The number of fused-ring (bicyclic) bond motifs is 1. The number of hydrogen-bond donors (Lipinski definition) is 2. The average Bonchev–Trinajstić information content (AvgIpc) is 2.67. The molecule has 5 nitrogen and oxygen atoms in total. The zero-order chi connectivity index (χ0) is 14.9. The maximum Gasteiger partial charge on any atom is 0.147 e. The minimum atomic E-state index is -3.08. The van der Waals surface area contributed by atoms with E-state index in [9.17, 15) is 12.8 Å². The van der Waals surface area contributed by atoms with E-state index in [0.29, 0.717) is 23.2 Å². The first-order chi connectivity index (χ1) is 9.31. The van der Waals surface area contributed by atoms with Crippen molar-refractivity contribution in [1.29, 1.82) is 0 Å². The summed E-state index contributed by atoms with van der Waals surface area (Å²) < 4.78 is 41.4. The highest BCUT2D eigenvalue weighted by molar-refractivity contribution is 7.90. The Kier molecular flexibility index (Phi) is 4.12. The number of rotatable bonds is 5. The van der Waals surface area contributed by atoms with Gasteiger partial charge in [0, 0.05) is 17.2 Å². The Bertz CT molecular complexity index is 725. The first kappa shape index (κ1) is 15.0. The van der Waals surface area contributed by atoms with Crippen molar-refractivity contribution in [2.75, 3.05) is 12.0 Å². The fourth-order valence-electron chi connectivity index (χ4n) is 2.17. The van der Waals surface area contributed by atoms with Gasteiger partial charge in [0.25, 0.3) is 0 Å². The van der Waals surface area contributed by atoms with Gasteiger partial charge >= 0.3 is 0 Å². The Morgan fingerprint density at radius 3 is 2.75 bits per heavy atom. The summed E-state index contributed by atoms with van der Waals surface area (Å²) in [6, 6.07) is 3.82. The summed E-state index contributed by atoms with van der Waals surface area (Å²) in [4.78, 5) is 0. The molecule has 0 aliphatic rings. The number of nitrogens with one attached hydrogen (secondary N) is 1. The molecular weight excluding hydrogens is 283 g/mol. The first-order valence-corrected chi connectivity index (χ1v) is 8.20. The summed E-state index contributed by atoms with van der Waals surface area (Å²) in [5.74, 6) is 5.66. The van der Waals surface area contributed by atoms with Crippen molar-refractivity contribution >= 4 is 20.8 Å². The molecule has 0 bridgehead atoms. The third-order valence-electron chi connectivity index (χ3n) is 3.23. The van der Waals surface area contributed by atoms with Crippen molar-refractivity contribution in [1.82, 2.24) is 5.43 Å². The quantitative estimate of drug-likeness (QED) is 0.650. The van der Waals surface area contributed by atoms with E-state index in [1.54, 1.807) is 13.0 Å². The fourth-order valence-corrected chi connectivity index (χ4v) is 2.83. The van der Waals surface area contributed by atoms with Crippen LogP contribution in [0.4, 0.5) is 4.39 Å². The Balaban J connectivity index is 2.37. The maximum atomic E-state index is 13.3. The van der Waals surface area contributed by atoms with Crippen LogP contribution in [0.5, 0.6) is 0 Å². The average molecular weight is 300 g/mol. The SMILES string of the molecule is Cc1c(C(CCS(C)(=O)=O)NN)oc2ccc(F)cc12. The van der Waals surface area contributed by atoms with E-state index in [4.69, 9.17) is 10.3 Å². The van der Waals surface area contributed by atoms with Gasteiger partial charge < -0.3 is 4.42 Å². The van der Waals surface area contributed by atoms with Crippen LogP contribution >= 0.6 is 0 Å². The molecule has 2 aromatic rings. The van der Waals surface area contributed by atoms with Crippen molar-refractivity contribution in [3.63, 3.8) is 0 Å². The number of hydrogen-bond acceptors (Lipinski definition) is 5. The molecule has 2 rings (SSSR count). The van der Waals surface area contributed by atoms with Crippen molar-refractivity contribution in [2.45, 2.75) is 19.4 Å². The highest BCUT2D eigenvalue weighted by Gasteiger charge is 2.21. The molecule has 110 valence electrons. The van der Waals surface area contributed by atoms with Crippen molar-refractivity contribution in [2.24, 2.45) is 5.84 Å². The number of nitrogens with two attached hydrogens (primary N) is 1. The Labute approximate surface area is 116 Å². The molecular formula is C13H17FN2O3S. The first-order valence-electron chi connectivity index (χ1n) is 6.14. The number of sulfone groups is 1. The summed E-state index contributed by atoms with van der Waals surface area (Å²) in [5, 5.41) is 0.666. The predicted octanol–water partition coefficient (Wildman–Crippen LogP) is 1.82. The molecule has 0 fully saturated rings. The number of hydrazine groups is 1. The van der Waals surface area contributed by atoms with Crippen molar-refractivity contribution in [3.05, 3.63) is 35.3 Å². The third-order valence-corrected chi connectivity index (χ3v) is 4.21. The summed E-state index contributed by atoms with van der Waals surface area (Å²) in [7, 11) is -3.08. The van der Waals surface area contributed by atoms with Crippen LogP contribution in [0.2, 0.25) is 0 Å². The summed E-state index contributed by atoms with van der Waals surface area (Å²) in [5.41, 5.74) is 3.87. The molecule has 0 amide bonds. The number of furan rings is 1. The predicted molar refractivity (Wildman–Crippen MR) is 75.3 cm³/mol. The van der Waals surface area contributed by atoms with Gasteiger partial charge in [0.2, 0.25) is 0 Å². The summed E-state index contributed by atoms with van der Waals surface area (Å²) >= 11 is 0. The topological polar surface area (TPSA) is 85.3 Å². The van der Waals surface area contributed by atoms with Crippen molar-refractivity contribution < 1.29 is 17.2 Å². The molecule has 3 N–H and O–H groups in total. The van der Waals surface area contributed by atoms with Crippen LogP contribution in [0.15, 0.2) is 22.6 Å². The highest BCUT2D eigenvalue weighted by Crippen LogP contribution is 2.31. The second-order valence-corrected chi connectivity index (χ2v) is 7.13. The van der Waals surface area contributed by atoms with E-state index >= 15 is 0 Å². The van der Waals surface area contributed by atoms with Gasteiger partial charge in [0.15, 0.2) is 0 Å². The minimum absolute atomic E-state index is 0.00723. The lowest BCUT2D eigenvalue weighted by Crippen LogP contribution is -2.29. The van der Waals surface area contributed by atoms with Crippen LogP contribution in [-0.2, 0) is 9.84 Å². The minimum Gasteiger partial charge on any atom is -0.459 e. The van der Waals surface area contributed by atoms with Crippen LogP contribution in [0.25, 0.3) is 11.0 Å². The van der Waals surface area contributed by atoms with E-state index in [1.807, 2.05) is 0 Å². The summed E-state index contributed by atoms with van der Waals surface area (Å²) in [6.45, 7) is 1.80. The normalized spacial score (nSPS) is 13.8. The van der Waals surface area contributed by atoms with Gasteiger partial charge in [-0.1, -0.05) is 0 Å². The number of aryl methyl sites for hydroxylation is 1. The molecule has 0 saturated carbocycles. The van der Waals surface area contributed by atoms with Gasteiger partial charge in [-0.3, -0.25) is 5.84 Å². The lowest BCUT2D eigenvalue weighted by molar-refractivity contribution is 0.424.